The number of sulfonamides is 1. The van der Waals surface area contributed by atoms with Crippen LogP contribution in [0.5, 0.6) is 0 Å². The zero-order chi connectivity index (χ0) is 15.7. The van der Waals surface area contributed by atoms with Gasteiger partial charge in [-0.05, 0) is 32.4 Å². The van der Waals surface area contributed by atoms with Gasteiger partial charge < -0.3 is 5.11 Å². The first-order valence-corrected chi connectivity index (χ1v) is 7.25. The summed E-state index contributed by atoms with van der Waals surface area (Å²) in [6.45, 7) is 4.90. The summed E-state index contributed by atoms with van der Waals surface area (Å²) in [5.41, 5.74) is -2.13. The third-order valence-electron chi connectivity index (χ3n) is 2.85. The summed E-state index contributed by atoms with van der Waals surface area (Å²) in [5, 5.41) is 8.72. The molecule has 0 saturated carbocycles. The van der Waals surface area contributed by atoms with Crippen LogP contribution in [-0.2, 0) is 10.0 Å². The van der Waals surface area contributed by atoms with Gasteiger partial charge in [-0.2, -0.15) is 0 Å². The first-order valence-electron chi connectivity index (χ1n) is 5.77. The van der Waals surface area contributed by atoms with Gasteiger partial charge in [-0.15, -0.1) is 0 Å². The molecule has 0 unspecified atom stereocenters. The highest BCUT2D eigenvalue weighted by molar-refractivity contribution is 7.89. The lowest BCUT2D eigenvalue weighted by atomic mass is 10.0. The molecule has 1 aromatic rings. The molecule has 2 N–H and O–H groups in total. The molecule has 1 aromatic carbocycles. The van der Waals surface area contributed by atoms with Gasteiger partial charge in [-0.1, -0.05) is 6.92 Å². The highest BCUT2D eigenvalue weighted by Gasteiger charge is 2.30. The van der Waals surface area contributed by atoms with Gasteiger partial charge in [0.05, 0.1) is 0 Å². The number of nitrogens with one attached hydrogen (secondary N) is 1. The van der Waals surface area contributed by atoms with Crippen LogP contribution in [0.15, 0.2) is 17.0 Å². The zero-order valence-electron chi connectivity index (χ0n) is 11.2. The van der Waals surface area contributed by atoms with Gasteiger partial charge in [-0.25, -0.2) is 26.7 Å². The lowest BCUT2D eigenvalue weighted by Crippen LogP contribution is -2.43. The van der Waals surface area contributed by atoms with E-state index in [9.17, 15) is 22.0 Å². The number of hydrogen-bond donors (Lipinski definition) is 2. The Hall–Kier alpha value is -1.54. The average molecular weight is 307 g/mol. The van der Waals surface area contributed by atoms with Crippen molar-refractivity contribution in [3.63, 3.8) is 0 Å². The molecule has 0 aliphatic rings. The lowest BCUT2D eigenvalue weighted by molar-refractivity contribution is 0.0685. The van der Waals surface area contributed by atoms with Crippen LogP contribution in [0.2, 0.25) is 0 Å². The summed E-state index contributed by atoms with van der Waals surface area (Å²) < 4.78 is 53.5. The molecule has 0 spiro atoms. The van der Waals surface area contributed by atoms with Crippen molar-refractivity contribution in [1.82, 2.24) is 4.72 Å². The fourth-order valence-corrected chi connectivity index (χ4v) is 2.99. The van der Waals surface area contributed by atoms with Crippen molar-refractivity contribution < 1.29 is 27.1 Å². The summed E-state index contributed by atoms with van der Waals surface area (Å²) in [7, 11) is -4.29. The van der Waals surface area contributed by atoms with Crippen molar-refractivity contribution in [2.75, 3.05) is 0 Å². The van der Waals surface area contributed by atoms with E-state index < -0.39 is 43.6 Å². The Bertz CT molecular complexity index is 641. The Labute approximate surface area is 115 Å². The number of benzene rings is 1. The van der Waals surface area contributed by atoms with Crippen LogP contribution in [0, 0.1) is 11.6 Å². The fraction of sp³-hybridized carbons (Fsp3) is 0.417. The topological polar surface area (TPSA) is 83.5 Å². The number of carboxylic acids is 1. The third kappa shape index (κ3) is 3.31. The maximum atomic E-state index is 13.9. The van der Waals surface area contributed by atoms with Crippen molar-refractivity contribution in [2.24, 2.45) is 0 Å². The van der Waals surface area contributed by atoms with Crippen molar-refractivity contribution >= 4 is 16.0 Å². The first-order chi connectivity index (χ1) is 9.02. The van der Waals surface area contributed by atoms with Crippen LogP contribution < -0.4 is 4.72 Å². The van der Waals surface area contributed by atoms with Crippen LogP contribution in [0.25, 0.3) is 0 Å². The van der Waals surface area contributed by atoms with E-state index in [0.717, 1.165) is 0 Å². The summed E-state index contributed by atoms with van der Waals surface area (Å²) >= 11 is 0. The molecule has 112 valence electrons. The fourth-order valence-electron chi connectivity index (χ4n) is 1.43. The monoisotopic (exact) mass is 307 g/mol. The van der Waals surface area contributed by atoms with E-state index in [2.05, 4.69) is 4.72 Å². The second-order valence-electron chi connectivity index (χ2n) is 4.88. The molecule has 20 heavy (non-hydrogen) atoms. The second-order valence-corrected chi connectivity index (χ2v) is 6.53. The molecule has 0 atom stereocenters. The van der Waals surface area contributed by atoms with Gasteiger partial charge in [-0.3, -0.25) is 0 Å². The number of rotatable bonds is 5. The van der Waals surface area contributed by atoms with Crippen LogP contribution in [0.3, 0.4) is 0 Å². The molecule has 0 saturated heterocycles. The Morgan fingerprint density at radius 2 is 1.90 bits per heavy atom. The third-order valence-corrected chi connectivity index (χ3v) is 4.57. The highest BCUT2D eigenvalue weighted by atomic mass is 32.2. The molecule has 0 aromatic heterocycles. The van der Waals surface area contributed by atoms with Crippen LogP contribution in [-0.4, -0.2) is 25.0 Å². The molecule has 5 nitrogen and oxygen atoms in total. The standard InChI is InChI=1S/C12H15F2NO4S/c1-4-12(2,3)15-20(18,19)8-6-5-7(13)9(10(8)14)11(16)17/h5-6,15H,4H2,1-3H3,(H,16,17). The predicted molar refractivity (Wildman–Crippen MR) is 68.0 cm³/mol. The Balaban J connectivity index is 3.41. The molecule has 0 radical (unpaired) electrons. The minimum Gasteiger partial charge on any atom is -0.477 e. The molecule has 0 bridgehead atoms. The summed E-state index contributed by atoms with van der Waals surface area (Å²) in [4.78, 5) is 9.88. The largest absolute Gasteiger partial charge is 0.477 e. The summed E-state index contributed by atoms with van der Waals surface area (Å²) in [6, 6.07) is 1.31. The molecular weight excluding hydrogens is 292 g/mol. The molecule has 8 heteroatoms. The van der Waals surface area contributed by atoms with E-state index in [-0.39, 0.29) is 0 Å². The van der Waals surface area contributed by atoms with Gasteiger partial charge in [0.15, 0.2) is 5.82 Å². The average Bonchev–Trinajstić information content (AvgIpc) is 2.26. The van der Waals surface area contributed by atoms with Gasteiger partial charge in [0.2, 0.25) is 10.0 Å². The number of halogens is 2. The molecule has 0 heterocycles. The maximum absolute atomic E-state index is 13.9. The van der Waals surface area contributed by atoms with Crippen molar-refractivity contribution in [1.29, 1.82) is 0 Å². The van der Waals surface area contributed by atoms with Gasteiger partial charge >= 0.3 is 5.97 Å². The lowest BCUT2D eigenvalue weighted by Gasteiger charge is -2.24. The summed E-state index contributed by atoms with van der Waals surface area (Å²) in [5.74, 6) is -4.81. The highest BCUT2D eigenvalue weighted by Crippen LogP contribution is 2.23. The first kappa shape index (κ1) is 16.5. The molecular formula is C12H15F2NO4S. The minimum absolute atomic E-state index is 0.431. The van der Waals surface area contributed by atoms with Crippen molar-refractivity contribution in [3.8, 4) is 0 Å². The molecule has 0 aliphatic heterocycles. The molecule has 0 fully saturated rings. The van der Waals surface area contributed by atoms with E-state index in [1.54, 1.807) is 20.8 Å². The smallest absolute Gasteiger partial charge is 0.341 e. The number of aromatic carboxylic acids is 1. The number of carboxylic acid groups (broad SMARTS) is 1. The number of carbonyl (C=O) groups is 1. The van der Waals surface area contributed by atoms with Crippen LogP contribution in [0.1, 0.15) is 37.6 Å². The minimum atomic E-state index is -4.29. The summed E-state index contributed by atoms with van der Waals surface area (Å²) in [6.07, 6.45) is 0.431. The van der Waals surface area contributed by atoms with Crippen molar-refractivity contribution in [3.05, 3.63) is 29.3 Å². The van der Waals surface area contributed by atoms with Gasteiger partial charge in [0, 0.05) is 5.54 Å². The Kier molecular flexibility index (Phi) is 4.50. The molecule has 1 rings (SSSR count). The van der Waals surface area contributed by atoms with Crippen LogP contribution >= 0.6 is 0 Å². The predicted octanol–water partition coefficient (Wildman–Crippen LogP) is 2.13. The Morgan fingerprint density at radius 1 is 1.35 bits per heavy atom. The maximum Gasteiger partial charge on any atom is 0.341 e. The number of hydrogen-bond acceptors (Lipinski definition) is 3. The van der Waals surface area contributed by atoms with E-state index >= 15 is 0 Å². The Morgan fingerprint density at radius 3 is 2.35 bits per heavy atom. The van der Waals surface area contributed by atoms with Gasteiger partial charge in [0.1, 0.15) is 16.3 Å². The SMILES string of the molecule is CCC(C)(C)NS(=O)(=O)c1ccc(F)c(C(=O)O)c1F. The van der Waals surface area contributed by atoms with E-state index in [1.807, 2.05) is 0 Å². The van der Waals surface area contributed by atoms with Crippen LogP contribution in [0.4, 0.5) is 8.78 Å². The van der Waals surface area contributed by atoms with E-state index in [4.69, 9.17) is 5.11 Å². The second kappa shape index (κ2) is 5.45. The molecule has 0 amide bonds. The van der Waals surface area contributed by atoms with Gasteiger partial charge in [0.25, 0.3) is 0 Å². The van der Waals surface area contributed by atoms with E-state index in [0.29, 0.717) is 18.6 Å². The normalized spacial score (nSPS) is 12.4. The molecule has 0 aliphatic carbocycles. The van der Waals surface area contributed by atoms with Crippen molar-refractivity contribution in [2.45, 2.75) is 37.6 Å². The quantitative estimate of drug-likeness (QED) is 0.873. The zero-order valence-corrected chi connectivity index (χ0v) is 12.0. The van der Waals surface area contributed by atoms with E-state index in [1.165, 1.54) is 0 Å².